The molecule has 2 N–H and O–H groups in total. The van der Waals surface area contributed by atoms with Gasteiger partial charge in [0, 0.05) is 35.7 Å². The molecule has 0 radical (unpaired) electrons. The molecular weight excluding hydrogens is 449 g/mol. The van der Waals surface area contributed by atoms with Gasteiger partial charge in [-0.2, -0.15) is 0 Å². The van der Waals surface area contributed by atoms with Gasteiger partial charge in [-0.1, -0.05) is 35.3 Å². The topological polar surface area (TPSA) is 106 Å². The third kappa shape index (κ3) is 8.63. The van der Waals surface area contributed by atoms with Gasteiger partial charge in [0.05, 0.1) is 13.7 Å². The van der Waals surface area contributed by atoms with E-state index in [1.165, 1.54) is 5.56 Å². The third-order valence-electron chi connectivity index (χ3n) is 4.28. The maximum atomic E-state index is 9.10. The molecule has 8 nitrogen and oxygen atoms in total. The number of morpholine rings is 1. The van der Waals surface area contributed by atoms with E-state index in [-0.39, 0.29) is 6.10 Å². The van der Waals surface area contributed by atoms with Crippen molar-refractivity contribution in [3.8, 4) is 11.5 Å². The van der Waals surface area contributed by atoms with E-state index in [9.17, 15) is 0 Å². The third-order valence-corrected chi connectivity index (χ3v) is 4.76. The van der Waals surface area contributed by atoms with Crippen molar-refractivity contribution in [3.63, 3.8) is 0 Å². The van der Waals surface area contributed by atoms with Crippen LogP contribution in [-0.4, -0.2) is 66.6 Å². The summed E-state index contributed by atoms with van der Waals surface area (Å²) < 4.78 is 17.0. The average Bonchev–Trinajstić information content (AvgIpc) is 2.75. The molecule has 1 heterocycles. The number of carboxylic acids is 2. The van der Waals surface area contributed by atoms with E-state index in [0.717, 1.165) is 24.7 Å². The molecule has 0 aromatic heterocycles. The van der Waals surface area contributed by atoms with Gasteiger partial charge in [-0.3, -0.25) is 4.90 Å². The number of aliphatic carboxylic acids is 2. The number of hydrogen-bond acceptors (Lipinski definition) is 6. The minimum atomic E-state index is -1.82. The summed E-state index contributed by atoms with van der Waals surface area (Å²) in [4.78, 5) is 20.6. The van der Waals surface area contributed by atoms with Gasteiger partial charge < -0.3 is 24.4 Å². The fourth-order valence-corrected chi connectivity index (χ4v) is 3.10. The lowest BCUT2D eigenvalue weighted by atomic mass is 10.2. The van der Waals surface area contributed by atoms with Crippen molar-refractivity contribution in [1.82, 2.24) is 4.90 Å². The van der Waals surface area contributed by atoms with E-state index in [4.69, 9.17) is 57.2 Å². The maximum Gasteiger partial charge on any atom is 0.414 e. The van der Waals surface area contributed by atoms with Crippen molar-refractivity contribution in [2.75, 3.05) is 33.4 Å². The molecule has 10 heteroatoms. The van der Waals surface area contributed by atoms with Crippen molar-refractivity contribution in [2.24, 2.45) is 0 Å². The van der Waals surface area contributed by atoms with Crippen LogP contribution in [-0.2, 0) is 20.9 Å². The molecule has 1 aliphatic heterocycles. The molecule has 31 heavy (non-hydrogen) atoms. The molecule has 0 spiro atoms. The van der Waals surface area contributed by atoms with E-state index in [0.29, 0.717) is 29.7 Å². The van der Waals surface area contributed by atoms with E-state index in [1.54, 1.807) is 19.2 Å². The first-order valence-corrected chi connectivity index (χ1v) is 10.0. The van der Waals surface area contributed by atoms with Gasteiger partial charge in [-0.25, -0.2) is 9.59 Å². The van der Waals surface area contributed by atoms with E-state index < -0.39 is 11.9 Å². The first-order chi connectivity index (χ1) is 14.8. The van der Waals surface area contributed by atoms with E-state index in [1.807, 2.05) is 18.2 Å². The van der Waals surface area contributed by atoms with Crippen LogP contribution in [0.3, 0.4) is 0 Å². The molecule has 168 valence electrons. The lowest BCUT2D eigenvalue weighted by Gasteiger charge is -2.32. The van der Waals surface area contributed by atoms with Crippen LogP contribution in [0.5, 0.6) is 11.5 Å². The molecule has 3 rings (SSSR count). The number of rotatable bonds is 6. The van der Waals surface area contributed by atoms with Gasteiger partial charge in [-0.15, -0.1) is 0 Å². The van der Waals surface area contributed by atoms with E-state index in [2.05, 4.69) is 17.0 Å². The van der Waals surface area contributed by atoms with Gasteiger partial charge in [0.1, 0.15) is 12.7 Å². The Balaban J connectivity index is 0.000000501. The number of hydrogen-bond donors (Lipinski definition) is 2. The standard InChI is InChI=1S/C19H21Cl2NO3.C2H2O4/c1-23-19-10-16(21)6-7-18(19)25-13-17-12-22(8-9-24-17)11-14-2-4-15(20)5-3-14;3-1(4)2(5)6/h2-7,10,17H,8-9,11-13H2,1H3;(H,3,4)(H,5,6). The predicted octanol–water partition coefficient (Wildman–Crippen LogP) is 3.44. The van der Waals surface area contributed by atoms with Gasteiger partial charge >= 0.3 is 11.9 Å². The summed E-state index contributed by atoms with van der Waals surface area (Å²) in [7, 11) is 1.60. The number of nitrogens with zero attached hydrogens (tertiary/aromatic N) is 1. The van der Waals surface area contributed by atoms with Crippen molar-refractivity contribution in [3.05, 3.63) is 58.1 Å². The summed E-state index contributed by atoms with van der Waals surface area (Å²) >= 11 is 11.9. The zero-order valence-electron chi connectivity index (χ0n) is 16.8. The molecular formula is C21H23Cl2NO7. The highest BCUT2D eigenvalue weighted by atomic mass is 35.5. The molecule has 1 aliphatic rings. The fraction of sp³-hybridized carbons (Fsp3) is 0.333. The number of ether oxygens (including phenoxy) is 3. The Labute approximate surface area is 189 Å². The first-order valence-electron chi connectivity index (χ1n) is 9.29. The Bertz CT molecular complexity index is 865. The quantitative estimate of drug-likeness (QED) is 0.617. The number of carboxylic acid groups (broad SMARTS) is 2. The minimum Gasteiger partial charge on any atom is -0.493 e. The zero-order chi connectivity index (χ0) is 22.8. The highest BCUT2D eigenvalue weighted by molar-refractivity contribution is 6.31. The summed E-state index contributed by atoms with van der Waals surface area (Å²) in [5.74, 6) is -2.35. The highest BCUT2D eigenvalue weighted by Gasteiger charge is 2.21. The fourth-order valence-electron chi connectivity index (χ4n) is 2.82. The van der Waals surface area contributed by atoms with Crippen LogP contribution in [0.15, 0.2) is 42.5 Å². The Morgan fingerprint density at radius 3 is 2.32 bits per heavy atom. The van der Waals surface area contributed by atoms with Crippen LogP contribution >= 0.6 is 23.2 Å². The molecule has 2 aromatic rings. The van der Waals surface area contributed by atoms with Crippen molar-refractivity contribution >= 4 is 35.1 Å². The van der Waals surface area contributed by atoms with Crippen molar-refractivity contribution in [2.45, 2.75) is 12.6 Å². The molecule has 0 amide bonds. The molecule has 1 saturated heterocycles. The molecule has 0 saturated carbocycles. The average molecular weight is 472 g/mol. The Kier molecular flexibility index (Phi) is 9.87. The molecule has 0 aliphatic carbocycles. The van der Waals surface area contributed by atoms with Crippen LogP contribution in [0.2, 0.25) is 10.0 Å². The lowest BCUT2D eigenvalue weighted by Crippen LogP contribution is -2.44. The summed E-state index contributed by atoms with van der Waals surface area (Å²) in [5, 5.41) is 16.2. The molecule has 1 unspecified atom stereocenters. The molecule has 1 atom stereocenters. The highest BCUT2D eigenvalue weighted by Crippen LogP contribution is 2.30. The summed E-state index contributed by atoms with van der Waals surface area (Å²) in [6, 6.07) is 13.3. The zero-order valence-corrected chi connectivity index (χ0v) is 18.3. The molecule has 0 bridgehead atoms. The summed E-state index contributed by atoms with van der Waals surface area (Å²) in [6.07, 6.45) is 0.0152. The van der Waals surface area contributed by atoms with Crippen molar-refractivity contribution < 1.29 is 34.0 Å². The van der Waals surface area contributed by atoms with Gasteiger partial charge in [0.25, 0.3) is 0 Å². The van der Waals surface area contributed by atoms with Crippen LogP contribution < -0.4 is 9.47 Å². The Morgan fingerprint density at radius 1 is 1.06 bits per heavy atom. The molecule has 2 aromatic carbocycles. The SMILES string of the molecule is COc1cc(Cl)ccc1OCC1CN(Cc2ccc(Cl)cc2)CCO1.O=C(O)C(=O)O. The van der Waals surface area contributed by atoms with Crippen LogP contribution in [0.25, 0.3) is 0 Å². The Hall–Kier alpha value is -2.52. The van der Waals surface area contributed by atoms with Gasteiger partial charge in [-0.05, 0) is 29.8 Å². The number of benzene rings is 2. The monoisotopic (exact) mass is 471 g/mol. The number of halogens is 2. The number of carbonyl (C=O) groups is 2. The second-order valence-corrected chi connectivity index (χ2v) is 7.44. The second kappa shape index (κ2) is 12.4. The number of methoxy groups -OCH3 is 1. The normalized spacial score (nSPS) is 16.0. The Morgan fingerprint density at radius 2 is 1.71 bits per heavy atom. The maximum absolute atomic E-state index is 9.10. The largest absolute Gasteiger partial charge is 0.493 e. The second-order valence-electron chi connectivity index (χ2n) is 6.57. The first kappa shape index (κ1) is 24.7. The van der Waals surface area contributed by atoms with Crippen molar-refractivity contribution in [1.29, 1.82) is 0 Å². The minimum absolute atomic E-state index is 0.0152. The van der Waals surface area contributed by atoms with Crippen LogP contribution in [0.1, 0.15) is 5.56 Å². The van der Waals surface area contributed by atoms with E-state index >= 15 is 0 Å². The van der Waals surface area contributed by atoms with Crippen LogP contribution in [0, 0.1) is 0 Å². The smallest absolute Gasteiger partial charge is 0.414 e. The predicted molar refractivity (Wildman–Crippen MR) is 115 cm³/mol. The lowest BCUT2D eigenvalue weighted by molar-refractivity contribution is -0.159. The van der Waals surface area contributed by atoms with Gasteiger partial charge in [0.2, 0.25) is 0 Å². The molecule has 1 fully saturated rings. The summed E-state index contributed by atoms with van der Waals surface area (Å²) in [6.45, 7) is 3.76. The summed E-state index contributed by atoms with van der Waals surface area (Å²) in [5.41, 5.74) is 1.24. The van der Waals surface area contributed by atoms with Crippen LogP contribution in [0.4, 0.5) is 0 Å². The van der Waals surface area contributed by atoms with Gasteiger partial charge in [0.15, 0.2) is 11.5 Å².